The zero-order valence-corrected chi connectivity index (χ0v) is 6.99. The van der Waals surface area contributed by atoms with Gasteiger partial charge in [-0.2, -0.15) is 0 Å². The third kappa shape index (κ3) is 1.49. The Labute approximate surface area is 52.8 Å². The average molecular weight is 230 g/mol. The summed E-state index contributed by atoms with van der Waals surface area (Å²) in [4.78, 5) is 6.32. The first-order chi connectivity index (χ1) is 3.29. The fourth-order valence-corrected chi connectivity index (χ4v) is 5.31. The fraction of sp³-hybridized carbons (Fsp3) is 0.667. The van der Waals surface area contributed by atoms with Crippen LogP contribution in [0.15, 0.2) is 4.99 Å². The number of rotatable bonds is 0. The fourth-order valence-electron chi connectivity index (χ4n) is 0.327. The van der Waals surface area contributed by atoms with Gasteiger partial charge in [-0.05, 0) is 0 Å². The van der Waals surface area contributed by atoms with Gasteiger partial charge in [0.1, 0.15) is 0 Å². The molecule has 0 amide bonds. The van der Waals surface area contributed by atoms with Gasteiger partial charge in [-0.25, -0.2) is 0 Å². The van der Waals surface area contributed by atoms with Crippen molar-refractivity contribution in [3.63, 3.8) is 0 Å². The normalized spacial score (nSPS) is 25.3. The number of halogens is 1. The van der Waals surface area contributed by atoms with Crippen LogP contribution in [0.2, 0.25) is 0 Å². The third-order valence-electron chi connectivity index (χ3n) is 0.595. The number of aliphatic imine (C=N–C) groups is 1. The van der Waals surface area contributed by atoms with Crippen LogP contribution in [0, 0.1) is 0 Å². The summed E-state index contributed by atoms with van der Waals surface area (Å²) in [6.07, 6.45) is 0. The second-order valence-electron chi connectivity index (χ2n) is 1.22. The molecular formula is C3H7IN2S. The number of alkyl halides is 2. The van der Waals surface area contributed by atoms with E-state index in [4.69, 9.17) is 5.73 Å². The van der Waals surface area contributed by atoms with Crippen LogP contribution in [0.25, 0.3) is 0 Å². The molecule has 0 spiro atoms. The topological polar surface area (TPSA) is 38.4 Å². The van der Waals surface area contributed by atoms with Crippen molar-refractivity contribution >= 4 is 32.5 Å². The van der Waals surface area contributed by atoms with Gasteiger partial charge in [0.05, 0.1) is 0 Å². The van der Waals surface area contributed by atoms with E-state index in [0.717, 1.165) is 9.72 Å². The Morgan fingerprint density at radius 2 is 2.71 bits per heavy atom. The summed E-state index contributed by atoms with van der Waals surface area (Å²) >= 11 is -0.664. The van der Waals surface area contributed by atoms with Crippen LogP contribution in [0.1, 0.15) is 0 Å². The van der Waals surface area contributed by atoms with Crippen molar-refractivity contribution in [2.45, 2.75) is 0 Å². The number of hydrogen-bond donors (Lipinski definition) is 1. The second kappa shape index (κ2) is 2.21. The number of nitrogens with zero attached hydrogens (tertiary/aromatic N) is 1. The maximum atomic E-state index is 5.38. The van der Waals surface area contributed by atoms with Crippen molar-refractivity contribution in [2.75, 3.05) is 9.48 Å². The Bertz CT molecular complexity index is 103. The molecule has 1 aliphatic rings. The number of hydrogen-bond acceptors (Lipinski definition) is 3. The third-order valence-corrected chi connectivity index (χ3v) is 6.71. The van der Waals surface area contributed by atoms with E-state index in [1.165, 1.54) is 0 Å². The first-order valence-corrected chi connectivity index (χ1v) is 8.87. The molecular weight excluding hydrogens is 223 g/mol. The SMILES string of the molecule is CI1CN=C(N)S1. The van der Waals surface area contributed by atoms with Crippen LogP contribution in [-0.2, 0) is 0 Å². The second-order valence-corrected chi connectivity index (χ2v) is 10.4. The molecule has 0 fully saturated rings. The summed E-state index contributed by atoms with van der Waals surface area (Å²) in [5.41, 5.74) is 5.38. The molecule has 0 aliphatic carbocycles. The first-order valence-electron chi connectivity index (χ1n) is 1.83. The molecule has 4 heteroatoms. The van der Waals surface area contributed by atoms with Crippen LogP contribution in [0.5, 0.6) is 0 Å². The van der Waals surface area contributed by atoms with E-state index in [9.17, 15) is 0 Å². The van der Waals surface area contributed by atoms with Crippen molar-refractivity contribution < 1.29 is 0 Å². The Morgan fingerprint density at radius 1 is 2.00 bits per heavy atom. The predicted molar refractivity (Wildman–Crippen MR) is 44.0 cm³/mol. The van der Waals surface area contributed by atoms with Gasteiger partial charge >= 0.3 is 52.7 Å². The van der Waals surface area contributed by atoms with Gasteiger partial charge in [0.15, 0.2) is 0 Å². The van der Waals surface area contributed by atoms with E-state index >= 15 is 0 Å². The molecule has 0 bridgehead atoms. The molecule has 0 aromatic heterocycles. The first kappa shape index (κ1) is 5.68. The van der Waals surface area contributed by atoms with E-state index in [1.54, 1.807) is 8.93 Å². The summed E-state index contributed by atoms with van der Waals surface area (Å²) in [6, 6.07) is 0. The molecule has 0 aromatic rings. The van der Waals surface area contributed by atoms with E-state index in [-0.39, 0.29) is 0 Å². The molecule has 0 saturated carbocycles. The molecule has 42 valence electrons. The summed E-state index contributed by atoms with van der Waals surface area (Å²) in [6.45, 7) is 0. The van der Waals surface area contributed by atoms with Crippen LogP contribution in [0.4, 0.5) is 0 Å². The van der Waals surface area contributed by atoms with Gasteiger partial charge in [0, 0.05) is 0 Å². The zero-order valence-electron chi connectivity index (χ0n) is 4.02. The van der Waals surface area contributed by atoms with E-state index in [2.05, 4.69) is 9.92 Å². The Kier molecular flexibility index (Phi) is 1.80. The van der Waals surface area contributed by atoms with Crippen LogP contribution in [0.3, 0.4) is 0 Å². The minimum absolute atomic E-state index is 0.664. The van der Waals surface area contributed by atoms with Crippen LogP contribution >= 0.6 is 27.4 Å². The van der Waals surface area contributed by atoms with Gasteiger partial charge < -0.3 is 0 Å². The Balaban J connectivity index is 2.42. The molecule has 0 saturated heterocycles. The molecule has 7 heavy (non-hydrogen) atoms. The quantitative estimate of drug-likeness (QED) is 0.384. The Hall–Kier alpha value is 0.550. The average Bonchev–Trinajstić information content (AvgIpc) is 1.87. The molecule has 2 N–H and O–H groups in total. The van der Waals surface area contributed by atoms with Gasteiger partial charge in [0.2, 0.25) is 0 Å². The monoisotopic (exact) mass is 230 g/mol. The standard InChI is InChI=1S/C3H7IN2S/c1-4-2-6-3(5)7-4/h2H2,1H3,(H2,5,6). The van der Waals surface area contributed by atoms with Crippen molar-refractivity contribution in [1.29, 1.82) is 0 Å². The Morgan fingerprint density at radius 3 is 2.86 bits per heavy atom. The molecule has 1 rings (SSSR count). The number of amidine groups is 1. The summed E-state index contributed by atoms with van der Waals surface area (Å²) in [5.74, 6) is 0. The van der Waals surface area contributed by atoms with Gasteiger partial charge in [-0.15, -0.1) is 0 Å². The molecule has 1 aliphatic heterocycles. The van der Waals surface area contributed by atoms with Gasteiger partial charge in [0.25, 0.3) is 0 Å². The van der Waals surface area contributed by atoms with Crippen molar-refractivity contribution in [1.82, 2.24) is 0 Å². The van der Waals surface area contributed by atoms with Gasteiger partial charge in [-0.1, -0.05) is 0 Å². The molecule has 1 heterocycles. The number of nitrogens with two attached hydrogens (primary N) is 1. The van der Waals surface area contributed by atoms with Crippen molar-refractivity contribution in [3.8, 4) is 0 Å². The van der Waals surface area contributed by atoms with E-state index in [0.29, 0.717) is 0 Å². The minimum atomic E-state index is -0.664. The van der Waals surface area contributed by atoms with E-state index < -0.39 is 18.4 Å². The van der Waals surface area contributed by atoms with Gasteiger partial charge in [-0.3, -0.25) is 0 Å². The molecule has 0 aromatic carbocycles. The van der Waals surface area contributed by atoms with E-state index in [1.807, 2.05) is 0 Å². The van der Waals surface area contributed by atoms with Crippen LogP contribution in [-0.4, -0.2) is 14.6 Å². The van der Waals surface area contributed by atoms with Crippen molar-refractivity contribution in [2.24, 2.45) is 10.7 Å². The molecule has 0 unspecified atom stereocenters. The van der Waals surface area contributed by atoms with Crippen molar-refractivity contribution in [3.05, 3.63) is 0 Å². The maximum absolute atomic E-state index is 5.38. The summed E-state index contributed by atoms with van der Waals surface area (Å²) < 4.78 is 1.06. The molecule has 2 nitrogen and oxygen atoms in total. The molecule has 0 atom stereocenters. The predicted octanol–water partition coefficient (Wildman–Crippen LogP) is 1.06. The summed E-state index contributed by atoms with van der Waals surface area (Å²) in [7, 11) is 1.80. The zero-order chi connectivity index (χ0) is 5.28. The summed E-state index contributed by atoms with van der Waals surface area (Å²) in [5, 5.41) is 0.813. The van der Waals surface area contributed by atoms with Crippen LogP contribution < -0.4 is 5.73 Å². The molecule has 0 radical (unpaired) electrons.